The van der Waals surface area contributed by atoms with Crippen molar-refractivity contribution in [3.63, 3.8) is 0 Å². The molecule has 0 saturated heterocycles. The molecule has 4 aliphatic carbocycles. The van der Waals surface area contributed by atoms with E-state index in [1.807, 2.05) is 12.3 Å². The van der Waals surface area contributed by atoms with Gasteiger partial charge in [0.1, 0.15) is 5.65 Å². The Balaban J connectivity index is 1.27. The summed E-state index contributed by atoms with van der Waals surface area (Å²) < 4.78 is 7.32. The lowest BCUT2D eigenvalue weighted by Gasteiger charge is -2.58. The van der Waals surface area contributed by atoms with Crippen molar-refractivity contribution < 1.29 is 19.4 Å². The molecule has 4 saturated carbocycles. The van der Waals surface area contributed by atoms with E-state index >= 15 is 0 Å². The Morgan fingerprint density at radius 2 is 1.89 bits per heavy atom. The van der Waals surface area contributed by atoms with Crippen molar-refractivity contribution in [3.8, 4) is 0 Å². The molecule has 2 unspecified atom stereocenters. The molecule has 4 N–H and O–H groups in total. The number of primary amides is 1. The summed E-state index contributed by atoms with van der Waals surface area (Å²) in [6, 6.07) is 2.10. The Morgan fingerprint density at radius 1 is 1.17 bits per heavy atom. The van der Waals surface area contributed by atoms with Gasteiger partial charge in [0.15, 0.2) is 6.73 Å². The number of aliphatic hydroxyl groups is 1. The number of nitrogens with one attached hydrogen (secondary N) is 1. The Bertz CT molecular complexity index is 1100. The summed E-state index contributed by atoms with van der Waals surface area (Å²) in [5.41, 5.74) is 6.94. The lowest BCUT2D eigenvalue weighted by atomic mass is 9.52. The van der Waals surface area contributed by atoms with Crippen molar-refractivity contribution >= 4 is 28.6 Å². The van der Waals surface area contributed by atoms with Crippen LogP contribution in [0.2, 0.25) is 0 Å². The zero-order chi connectivity index (χ0) is 25.3. The molecule has 2 aromatic heterocycles. The number of nitrogens with zero attached hydrogens (tertiary/aromatic N) is 2. The maximum absolute atomic E-state index is 12.3. The number of amides is 1. The molecule has 2 atom stereocenters. The smallest absolute Gasteiger partial charge is 0.307 e. The third kappa shape index (κ3) is 5.10. The van der Waals surface area contributed by atoms with Crippen molar-refractivity contribution in [3.05, 3.63) is 24.0 Å². The predicted octanol–water partition coefficient (Wildman–Crippen LogP) is 4.74. The number of nitrogens with two attached hydrogens (primary N) is 1. The summed E-state index contributed by atoms with van der Waals surface area (Å²) in [6.07, 6.45) is 15.3. The second kappa shape index (κ2) is 10.4. The number of rotatable bonds is 12. The van der Waals surface area contributed by atoms with Crippen LogP contribution >= 0.6 is 0 Å². The SMILES string of the molecule is CCCCCCCCC(=O)OCn1ccc2c(NC3C4CC5CC3CC(O)(C5)C4)c(C(N)=O)cnc21. The van der Waals surface area contributed by atoms with Crippen LogP contribution in [0.3, 0.4) is 0 Å². The number of fused-ring (bicyclic) bond motifs is 1. The molecule has 4 aliphatic rings. The molecule has 4 fully saturated rings. The molecule has 2 aromatic rings. The van der Waals surface area contributed by atoms with E-state index in [0.29, 0.717) is 41.1 Å². The van der Waals surface area contributed by atoms with Crippen LogP contribution in [0.25, 0.3) is 11.0 Å². The van der Waals surface area contributed by atoms with Gasteiger partial charge in [-0.1, -0.05) is 39.0 Å². The van der Waals surface area contributed by atoms with Crippen LogP contribution in [0.1, 0.15) is 94.3 Å². The van der Waals surface area contributed by atoms with Gasteiger partial charge in [0, 0.05) is 30.2 Å². The average Bonchev–Trinajstić information content (AvgIpc) is 3.24. The Morgan fingerprint density at radius 3 is 2.58 bits per heavy atom. The fourth-order valence-corrected chi connectivity index (χ4v) is 7.23. The summed E-state index contributed by atoms with van der Waals surface area (Å²) in [6.45, 7) is 2.28. The van der Waals surface area contributed by atoms with E-state index in [-0.39, 0.29) is 18.7 Å². The van der Waals surface area contributed by atoms with E-state index in [4.69, 9.17) is 10.5 Å². The van der Waals surface area contributed by atoms with Gasteiger partial charge < -0.3 is 20.9 Å². The predicted molar refractivity (Wildman–Crippen MR) is 138 cm³/mol. The maximum Gasteiger partial charge on any atom is 0.307 e. The van der Waals surface area contributed by atoms with E-state index in [1.165, 1.54) is 25.5 Å². The van der Waals surface area contributed by atoms with E-state index < -0.39 is 11.5 Å². The summed E-state index contributed by atoms with van der Waals surface area (Å²) in [4.78, 5) is 29.0. The number of hydrogen-bond acceptors (Lipinski definition) is 6. The molecule has 8 heteroatoms. The highest BCUT2D eigenvalue weighted by molar-refractivity contribution is 6.06. The van der Waals surface area contributed by atoms with E-state index in [0.717, 1.165) is 56.8 Å². The lowest BCUT2D eigenvalue weighted by Crippen LogP contribution is -2.59. The van der Waals surface area contributed by atoms with E-state index in [1.54, 1.807) is 4.57 Å². The number of carbonyl (C=O) groups is 2. The first kappa shape index (κ1) is 25.1. The van der Waals surface area contributed by atoms with Gasteiger partial charge in [0.05, 0.1) is 16.9 Å². The molecule has 0 aromatic carbocycles. The van der Waals surface area contributed by atoms with E-state index in [9.17, 15) is 14.7 Å². The minimum atomic E-state index is -0.521. The van der Waals surface area contributed by atoms with Crippen molar-refractivity contribution in [2.75, 3.05) is 5.32 Å². The summed E-state index contributed by atoms with van der Waals surface area (Å²) in [5, 5.41) is 15.4. The quantitative estimate of drug-likeness (QED) is 0.288. The van der Waals surface area contributed by atoms with Crippen LogP contribution in [0, 0.1) is 17.8 Å². The van der Waals surface area contributed by atoms with Crippen LogP contribution in [-0.2, 0) is 16.3 Å². The maximum atomic E-state index is 12.3. The monoisotopic (exact) mass is 496 g/mol. The molecule has 2 heterocycles. The highest BCUT2D eigenvalue weighted by atomic mass is 16.5. The number of carbonyl (C=O) groups excluding carboxylic acids is 2. The molecule has 0 spiro atoms. The lowest BCUT2D eigenvalue weighted by molar-refractivity contribution is -0.147. The number of anilines is 1. The Labute approximate surface area is 213 Å². The third-order valence-corrected chi connectivity index (χ3v) is 8.71. The van der Waals surface area contributed by atoms with Crippen LogP contribution in [-0.4, -0.2) is 38.2 Å². The highest BCUT2D eigenvalue weighted by Crippen LogP contribution is 2.56. The van der Waals surface area contributed by atoms with Crippen LogP contribution in [0.5, 0.6) is 0 Å². The number of aromatic nitrogens is 2. The van der Waals surface area contributed by atoms with Gasteiger partial charge in [-0.15, -0.1) is 0 Å². The fourth-order valence-electron chi connectivity index (χ4n) is 7.23. The largest absolute Gasteiger partial charge is 0.444 e. The Hall–Kier alpha value is -2.61. The van der Waals surface area contributed by atoms with Gasteiger partial charge in [0.2, 0.25) is 0 Å². The molecule has 6 rings (SSSR count). The first-order chi connectivity index (χ1) is 17.4. The van der Waals surface area contributed by atoms with Gasteiger partial charge in [-0.25, -0.2) is 4.98 Å². The number of unbranched alkanes of at least 4 members (excludes halogenated alkanes) is 5. The summed E-state index contributed by atoms with van der Waals surface area (Å²) in [5.74, 6) is 0.648. The number of esters is 1. The molecular weight excluding hydrogens is 456 g/mol. The zero-order valence-corrected chi connectivity index (χ0v) is 21.4. The number of pyridine rings is 1. The average molecular weight is 497 g/mol. The van der Waals surface area contributed by atoms with Gasteiger partial charge in [-0.05, 0) is 62.3 Å². The molecule has 4 bridgehead atoms. The van der Waals surface area contributed by atoms with Crippen LogP contribution < -0.4 is 11.1 Å². The fraction of sp³-hybridized carbons (Fsp3) is 0.679. The second-order valence-corrected chi connectivity index (χ2v) is 11.5. The minimum absolute atomic E-state index is 0.0872. The molecule has 0 radical (unpaired) electrons. The molecular formula is C28H40N4O4. The molecule has 1 amide bonds. The van der Waals surface area contributed by atoms with Gasteiger partial charge >= 0.3 is 5.97 Å². The topological polar surface area (TPSA) is 119 Å². The van der Waals surface area contributed by atoms with Crippen LogP contribution in [0.4, 0.5) is 5.69 Å². The third-order valence-electron chi connectivity index (χ3n) is 8.71. The zero-order valence-electron chi connectivity index (χ0n) is 21.4. The molecule has 196 valence electrons. The standard InChI is InChI=1S/C28H40N4O4/c1-2-3-4-5-6-7-8-23(33)36-17-32-10-9-21-25(22(26(29)34)16-30-27(21)32)31-24-19-11-18-12-20(24)15-28(35,13-18)14-19/h9-10,16,18-20,24,35H,2-8,11-15,17H2,1H3,(H2,29,34)(H,30,31). The number of ether oxygens (including phenoxy) is 1. The first-order valence-corrected chi connectivity index (χ1v) is 13.8. The van der Waals surface area contributed by atoms with Crippen molar-refractivity contribution in [2.24, 2.45) is 23.5 Å². The van der Waals surface area contributed by atoms with Gasteiger partial charge in [-0.3, -0.25) is 14.2 Å². The first-order valence-electron chi connectivity index (χ1n) is 13.8. The van der Waals surface area contributed by atoms with Crippen LogP contribution in [0.15, 0.2) is 18.5 Å². The van der Waals surface area contributed by atoms with Crippen molar-refractivity contribution in [1.29, 1.82) is 0 Å². The summed E-state index contributed by atoms with van der Waals surface area (Å²) >= 11 is 0. The Kier molecular flexibility index (Phi) is 7.24. The van der Waals surface area contributed by atoms with E-state index in [2.05, 4.69) is 17.2 Å². The van der Waals surface area contributed by atoms with Crippen molar-refractivity contribution in [1.82, 2.24) is 9.55 Å². The normalized spacial score (nSPS) is 28.5. The van der Waals surface area contributed by atoms with Gasteiger partial charge in [-0.2, -0.15) is 0 Å². The second-order valence-electron chi connectivity index (χ2n) is 11.5. The summed E-state index contributed by atoms with van der Waals surface area (Å²) in [7, 11) is 0. The minimum Gasteiger partial charge on any atom is -0.444 e. The molecule has 36 heavy (non-hydrogen) atoms. The number of hydrogen-bond donors (Lipinski definition) is 3. The highest BCUT2D eigenvalue weighted by Gasteiger charge is 2.54. The van der Waals surface area contributed by atoms with Crippen molar-refractivity contribution in [2.45, 2.75) is 102 Å². The molecule has 0 aliphatic heterocycles. The molecule has 8 nitrogen and oxygen atoms in total. The van der Waals surface area contributed by atoms with Gasteiger partial charge in [0.25, 0.3) is 5.91 Å².